The average Bonchev–Trinajstić information content (AvgIpc) is 2.82. The lowest BCUT2D eigenvalue weighted by molar-refractivity contribution is 0.312. The monoisotopic (exact) mass is 481 g/mol. The molecule has 8 nitrogen and oxygen atoms in total. The molecule has 3 aromatic rings. The van der Waals surface area contributed by atoms with Gasteiger partial charge >= 0.3 is 0 Å². The van der Waals surface area contributed by atoms with Crippen LogP contribution in [0.3, 0.4) is 0 Å². The molecule has 9 heteroatoms. The summed E-state index contributed by atoms with van der Waals surface area (Å²) < 4.78 is 34.3. The van der Waals surface area contributed by atoms with Crippen LogP contribution in [0.4, 0.5) is 11.5 Å². The van der Waals surface area contributed by atoms with Crippen LogP contribution >= 0.6 is 0 Å². The van der Waals surface area contributed by atoms with E-state index in [9.17, 15) is 8.42 Å². The number of rotatable bonds is 6. The van der Waals surface area contributed by atoms with Crippen LogP contribution in [0.25, 0.3) is 11.3 Å². The molecular weight excluding hydrogens is 450 g/mol. The van der Waals surface area contributed by atoms with Gasteiger partial charge in [-0.3, -0.25) is 4.72 Å². The summed E-state index contributed by atoms with van der Waals surface area (Å²) in [7, 11) is -0.0445. The van der Waals surface area contributed by atoms with Gasteiger partial charge in [-0.2, -0.15) is 0 Å². The Balaban J connectivity index is 1.50. The molecule has 0 aliphatic carbocycles. The van der Waals surface area contributed by atoms with Gasteiger partial charge in [0.15, 0.2) is 5.82 Å². The van der Waals surface area contributed by atoms with Crippen molar-refractivity contribution in [3.8, 4) is 17.0 Å². The summed E-state index contributed by atoms with van der Waals surface area (Å²) in [5.41, 5.74) is 4.35. The number of anilines is 2. The third kappa shape index (κ3) is 4.85. The number of aromatic nitrogens is 2. The van der Waals surface area contributed by atoms with Crippen LogP contribution in [0, 0.1) is 20.8 Å². The minimum absolute atomic E-state index is 0.248. The second kappa shape index (κ2) is 9.60. The predicted octanol–water partition coefficient (Wildman–Crippen LogP) is 3.63. The van der Waals surface area contributed by atoms with E-state index in [1.165, 1.54) is 0 Å². The predicted molar refractivity (Wildman–Crippen MR) is 135 cm³/mol. The number of piperazine rings is 1. The number of methoxy groups -OCH3 is 1. The number of hydrogen-bond donors (Lipinski definition) is 1. The molecule has 2 aromatic carbocycles. The highest BCUT2D eigenvalue weighted by atomic mass is 32.2. The fourth-order valence-corrected chi connectivity index (χ4v) is 5.66. The van der Waals surface area contributed by atoms with E-state index < -0.39 is 10.0 Å². The highest BCUT2D eigenvalue weighted by Gasteiger charge is 2.22. The summed E-state index contributed by atoms with van der Waals surface area (Å²) in [4.78, 5) is 4.78. The first kappa shape index (κ1) is 24.0. The molecule has 0 amide bonds. The molecule has 1 N–H and O–H groups in total. The van der Waals surface area contributed by atoms with Crippen molar-refractivity contribution in [1.29, 1.82) is 0 Å². The van der Waals surface area contributed by atoms with Crippen molar-refractivity contribution in [2.75, 3.05) is 50.0 Å². The van der Waals surface area contributed by atoms with E-state index in [4.69, 9.17) is 4.74 Å². The van der Waals surface area contributed by atoms with Crippen molar-refractivity contribution in [2.24, 2.45) is 0 Å². The average molecular weight is 482 g/mol. The van der Waals surface area contributed by atoms with Crippen molar-refractivity contribution < 1.29 is 13.2 Å². The largest absolute Gasteiger partial charge is 0.496 e. The fraction of sp³-hybridized carbons (Fsp3) is 0.360. The zero-order valence-electron chi connectivity index (χ0n) is 20.3. The molecule has 4 rings (SSSR count). The van der Waals surface area contributed by atoms with Gasteiger partial charge in [0, 0.05) is 37.4 Å². The zero-order chi connectivity index (χ0) is 24.5. The van der Waals surface area contributed by atoms with Gasteiger partial charge in [-0.25, -0.2) is 8.42 Å². The Bertz CT molecular complexity index is 1270. The second-order valence-electron chi connectivity index (χ2n) is 8.72. The minimum atomic E-state index is -3.76. The number of nitrogens with zero attached hydrogens (tertiary/aromatic N) is 4. The number of hydrogen-bond acceptors (Lipinski definition) is 7. The van der Waals surface area contributed by atoms with Gasteiger partial charge in [0.2, 0.25) is 0 Å². The third-order valence-corrected chi connectivity index (χ3v) is 7.89. The molecule has 1 saturated heterocycles. The Hall–Kier alpha value is -3.17. The summed E-state index contributed by atoms with van der Waals surface area (Å²) >= 11 is 0. The van der Waals surface area contributed by atoms with Crippen molar-refractivity contribution in [3.05, 3.63) is 59.2 Å². The Morgan fingerprint density at radius 2 is 1.59 bits per heavy atom. The number of nitrogens with one attached hydrogen (secondary N) is 1. The van der Waals surface area contributed by atoms with Crippen LogP contribution in [0.1, 0.15) is 16.7 Å². The van der Waals surface area contributed by atoms with Gasteiger partial charge in [0.25, 0.3) is 10.0 Å². The topological polar surface area (TPSA) is 87.7 Å². The number of sulfonamides is 1. The summed E-state index contributed by atoms with van der Waals surface area (Å²) in [6, 6.07) is 12.7. The van der Waals surface area contributed by atoms with Crippen molar-refractivity contribution in [3.63, 3.8) is 0 Å². The molecule has 2 heterocycles. The maximum absolute atomic E-state index is 13.1. The molecule has 1 aromatic heterocycles. The number of ether oxygens (including phenoxy) is 1. The Morgan fingerprint density at radius 3 is 2.18 bits per heavy atom. The zero-order valence-corrected chi connectivity index (χ0v) is 21.1. The molecule has 1 aliphatic rings. The SMILES string of the molecule is COc1c(C)cc(S(=O)(=O)Nc2ccc(-c3ccc(N4CCN(C)CC4)nn3)cc2)c(C)c1C. The van der Waals surface area contributed by atoms with E-state index in [-0.39, 0.29) is 4.90 Å². The van der Waals surface area contributed by atoms with E-state index >= 15 is 0 Å². The molecule has 0 unspecified atom stereocenters. The van der Waals surface area contributed by atoms with E-state index in [0.29, 0.717) is 17.0 Å². The van der Waals surface area contributed by atoms with Gasteiger partial charge in [-0.15, -0.1) is 10.2 Å². The van der Waals surface area contributed by atoms with E-state index in [2.05, 4.69) is 31.8 Å². The van der Waals surface area contributed by atoms with Gasteiger partial charge in [-0.05, 0) is 74.8 Å². The molecule has 0 saturated carbocycles. The summed E-state index contributed by atoms with van der Waals surface area (Å²) in [5.74, 6) is 1.59. The van der Waals surface area contributed by atoms with Gasteiger partial charge < -0.3 is 14.5 Å². The standard InChI is InChI=1S/C25H31N5O3S/c1-17-16-23(18(2)19(3)25(17)33-5)34(31,32)28-21-8-6-20(7-9-21)22-10-11-24(27-26-22)30-14-12-29(4)13-15-30/h6-11,16,28H,12-15H2,1-5H3. The molecule has 0 atom stereocenters. The van der Waals surface area contributed by atoms with E-state index in [0.717, 1.165) is 54.4 Å². The van der Waals surface area contributed by atoms with E-state index in [1.807, 2.05) is 38.1 Å². The quantitative estimate of drug-likeness (QED) is 0.575. The fourth-order valence-electron chi connectivity index (χ4n) is 4.22. The Kier molecular flexibility index (Phi) is 6.77. The molecule has 0 spiro atoms. The third-order valence-electron chi connectivity index (χ3n) is 6.38. The second-order valence-corrected chi connectivity index (χ2v) is 10.4. The number of aryl methyl sites for hydroxylation is 1. The molecular formula is C25H31N5O3S. The lowest BCUT2D eigenvalue weighted by Gasteiger charge is -2.32. The van der Waals surface area contributed by atoms with Gasteiger partial charge in [0.05, 0.1) is 17.7 Å². The molecule has 1 fully saturated rings. The lowest BCUT2D eigenvalue weighted by Crippen LogP contribution is -2.44. The van der Waals surface area contributed by atoms with Crippen LogP contribution in [0.5, 0.6) is 5.75 Å². The van der Waals surface area contributed by atoms with Crippen LogP contribution in [-0.4, -0.2) is 63.9 Å². The maximum atomic E-state index is 13.1. The first-order valence-corrected chi connectivity index (χ1v) is 12.7. The van der Waals surface area contributed by atoms with Crippen LogP contribution in [0.15, 0.2) is 47.4 Å². The van der Waals surface area contributed by atoms with Crippen LogP contribution < -0.4 is 14.4 Å². The molecule has 0 bridgehead atoms. The Labute approximate surface area is 201 Å². The van der Waals surface area contributed by atoms with Crippen molar-refractivity contribution >= 4 is 21.5 Å². The first-order chi connectivity index (χ1) is 16.2. The molecule has 0 radical (unpaired) electrons. The van der Waals surface area contributed by atoms with E-state index in [1.54, 1.807) is 32.2 Å². The summed E-state index contributed by atoms with van der Waals surface area (Å²) in [6.07, 6.45) is 0. The Morgan fingerprint density at radius 1 is 0.912 bits per heavy atom. The summed E-state index contributed by atoms with van der Waals surface area (Å²) in [6.45, 7) is 9.39. The first-order valence-electron chi connectivity index (χ1n) is 11.2. The highest BCUT2D eigenvalue weighted by Crippen LogP contribution is 2.32. The maximum Gasteiger partial charge on any atom is 0.262 e. The number of likely N-dealkylation sites (N-methyl/N-ethyl adjacent to an activating group) is 1. The normalized spacial score (nSPS) is 14.8. The molecule has 1 aliphatic heterocycles. The lowest BCUT2D eigenvalue weighted by atomic mass is 10.1. The van der Waals surface area contributed by atoms with Crippen LogP contribution in [-0.2, 0) is 10.0 Å². The van der Waals surface area contributed by atoms with Crippen molar-refractivity contribution in [1.82, 2.24) is 15.1 Å². The number of benzene rings is 2. The summed E-state index contributed by atoms with van der Waals surface area (Å²) in [5, 5.41) is 8.79. The van der Waals surface area contributed by atoms with Gasteiger partial charge in [-0.1, -0.05) is 12.1 Å². The highest BCUT2D eigenvalue weighted by molar-refractivity contribution is 7.92. The van der Waals surface area contributed by atoms with Crippen molar-refractivity contribution in [2.45, 2.75) is 25.7 Å². The molecule has 180 valence electrons. The smallest absolute Gasteiger partial charge is 0.262 e. The van der Waals surface area contributed by atoms with Gasteiger partial charge in [0.1, 0.15) is 5.75 Å². The minimum Gasteiger partial charge on any atom is -0.496 e. The molecule has 34 heavy (non-hydrogen) atoms. The van der Waals surface area contributed by atoms with Crippen LogP contribution in [0.2, 0.25) is 0 Å².